The Morgan fingerprint density at radius 1 is 1.36 bits per heavy atom. The SMILES string of the molecule is CCSC1CCCC(NC(=O)c2cccc(NC(N)=O)c2)C1. The number of rotatable bonds is 5. The van der Waals surface area contributed by atoms with Crippen LogP contribution in [0.3, 0.4) is 0 Å². The topological polar surface area (TPSA) is 84.2 Å². The minimum atomic E-state index is -0.635. The fourth-order valence-electron chi connectivity index (χ4n) is 2.81. The van der Waals surface area contributed by atoms with Gasteiger partial charge in [0.15, 0.2) is 0 Å². The molecule has 6 heteroatoms. The molecule has 2 rings (SSSR count). The number of primary amides is 1. The first-order chi connectivity index (χ1) is 10.6. The number of nitrogens with two attached hydrogens (primary N) is 1. The Kier molecular flexibility index (Phi) is 6.12. The van der Waals surface area contributed by atoms with Gasteiger partial charge in [0.05, 0.1) is 0 Å². The number of hydrogen-bond acceptors (Lipinski definition) is 3. The van der Waals surface area contributed by atoms with Gasteiger partial charge in [-0.1, -0.05) is 19.4 Å². The van der Waals surface area contributed by atoms with Crippen LogP contribution in [0.1, 0.15) is 43.0 Å². The molecule has 0 aliphatic heterocycles. The summed E-state index contributed by atoms with van der Waals surface area (Å²) in [5, 5.41) is 6.24. The Hall–Kier alpha value is -1.69. The molecule has 2 unspecified atom stereocenters. The largest absolute Gasteiger partial charge is 0.351 e. The van der Waals surface area contributed by atoms with Crippen molar-refractivity contribution in [2.45, 2.75) is 43.9 Å². The maximum absolute atomic E-state index is 12.4. The fourth-order valence-corrected chi connectivity index (χ4v) is 3.99. The van der Waals surface area contributed by atoms with Crippen molar-refractivity contribution < 1.29 is 9.59 Å². The van der Waals surface area contributed by atoms with Crippen molar-refractivity contribution in [1.82, 2.24) is 5.32 Å². The van der Waals surface area contributed by atoms with Gasteiger partial charge in [-0.3, -0.25) is 4.79 Å². The first kappa shape index (κ1) is 16.7. The van der Waals surface area contributed by atoms with Gasteiger partial charge in [0, 0.05) is 22.5 Å². The molecule has 1 saturated carbocycles. The molecular formula is C16H23N3O2S. The first-order valence-corrected chi connectivity index (χ1v) is 8.72. The van der Waals surface area contributed by atoms with Crippen LogP contribution in [0, 0.1) is 0 Å². The van der Waals surface area contributed by atoms with Crippen LogP contribution in [0.4, 0.5) is 10.5 Å². The van der Waals surface area contributed by atoms with E-state index in [9.17, 15) is 9.59 Å². The lowest BCUT2D eigenvalue weighted by Gasteiger charge is -2.29. The van der Waals surface area contributed by atoms with Crippen LogP contribution in [0.25, 0.3) is 0 Å². The summed E-state index contributed by atoms with van der Waals surface area (Å²) in [6.07, 6.45) is 4.46. The van der Waals surface area contributed by atoms with Crippen molar-refractivity contribution in [3.63, 3.8) is 0 Å². The average Bonchev–Trinajstić information content (AvgIpc) is 2.47. The van der Waals surface area contributed by atoms with Crippen LogP contribution in [-0.4, -0.2) is 29.0 Å². The summed E-state index contributed by atoms with van der Waals surface area (Å²) < 4.78 is 0. The summed E-state index contributed by atoms with van der Waals surface area (Å²) in [5.41, 5.74) is 6.16. The number of anilines is 1. The maximum atomic E-state index is 12.4. The number of nitrogens with one attached hydrogen (secondary N) is 2. The van der Waals surface area contributed by atoms with Gasteiger partial charge in [0.2, 0.25) is 0 Å². The van der Waals surface area contributed by atoms with E-state index in [4.69, 9.17) is 5.73 Å². The molecule has 1 aromatic carbocycles. The van der Waals surface area contributed by atoms with Crippen LogP contribution in [-0.2, 0) is 0 Å². The quantitative estimate of drug-likeness (QED) is 0.779. The lowest BCUT2D eigenvalue weighted by atomic mass is 9.94. The highest BCUT2D eigenvalue weighted by Crippen LogP contribution is 2.28. The zero-order valence-corrected chi connectivity index (χ0v) is 13.6. The van der Waals surface area contributed by atoms with Crippen molar-refractivity contribution in [3.8, 4) is 0 Å². The standard InChI is InChI=1S/C16H23N3O2S/c1-2-22-14-8-4-7-13(10-14)18-15(20)11-5-3-6-12(9-11)19-16(17)21/h3,5-6,9,13-14H,2,4,7-8,10H2,1H3,(H,18,20)(H3,17,19,21). The Balaban J connectivity index is 1.95. The van der Waals surface area contributed by atoms with Crippen molar-refractivity contribution in [2.24, 2.45) is 5.73 Å². The van der Waals surface area contributed by atoms with E-state index in [1.165, 1.54) is 6.42 Å². The van der Waals surface area contributed by atoms with E-state index >= 15 is 0 Å². The summed E-state index contributed by atoms with van der Waals surface area (Å²) in [6.45, 7) is 2.17. The van der Waals surface area contributed by atoms with Crippen LogP contribution in [0.15, 0.2) is 24.3 Å². The molecule has 0 heterocycles. The second-order valence-electron chi connectivity index (χ2n) is 5.48. The zero-order chi connectivity index (χ0) is 15.9. The van der Waals surface area contributed by atoms with Crippen LogP contribution in [0.5, 0.6) is 0 Å². The third-order valence-electron chi connectivity index (χ3n) is 3.76. The minimum Gasteiger partial charge on any atom is -0.351 e. The number of amides is 3. The number of benzene rings is 1. The van der Waals surface area contributed by atoms with E-state index in [1.807, 2.05) is 11.8 Å². The first-order valence-electron chi connectivity index (χ1n) is 7.67. The maximum Gasteiger partial charge on any atom is 0.316 e. The molecule has 0 spiro atoms. The van der Waals surface area contributed by atoms with E-state index in [0.29, 0.717) is 16.5 Å². The minimum absolute atomic E-state index is 0.0970. The van der Waals surface area contributed by atoms with Crippen molar-refractivity contribution in [2.75, 3.05) is 11.1 Å². The Bertz CT molecular complexity index is 534. The number of urea groups is 1. The molecule has 1 aliphatic rings. The zero-order valence-electron chi connectivity index (χ0n) is 12.8. The summed E-state index contributed by atoms with van der Waals surface area (Å²) in [4.78, 5) is 23.2. The molecule has 0 bridgehead atoms. The van der Waals surface area contributed by atoms with Gasteiger partial charge in [-0.05, 0) is 43.2 Å². The Labute approximate surface area is 135 Å². The third-order valence-corrected chi connectivity index (χ3v) is 4.99. The molecule has 22 heavy (non-hydrogen) atoms. The predicted octanol–water partition coefficient (Wildman–Crippen LogP) is 2.97. The molecule has 0 radical (unpaired) electrons. The van der Waals surface area contributed by atoms with Crippen molar-refractivity contribution in [1.29, 1.82) is 0 Å². The molecule has 0 saturated heterocycles. The van der Waals surface area contributed by atoms with E-state index in [-0.39, 0.29) is 11.9 Å². The van der Waals surface area contributed by atoms with Gasteiger partial charge >= 0.3 is 6.03 Å². The summed E-state index contributed by atoms with van der Waals surface area (Å²) >= 11 is 1.98. The van der Waals surface area contributed by atoms with Gasteiger partial charge < -0.3 is 16.4 Å². The highest BCUT2D eigenvalue weighted by atomic mass is 32.2. The molecule has 120 valence electrons. The Morgan fingerprint density at radius 3 is 2.91 bits per heavy atom. The molecule has 3 amide bonds. The van der Waals surface area contributed by atoms with Crippen LogP contribution < -0.4 is 16.4 Å². The molecular weight excluding hydrogens is 298 g/mol. The van der Waals surface area contributed by atoms with Gasteiger partial charge in [0.25, 0.3) is 5.91 Å². The van der Waals surface area contributed by atoms with Crippen molar-refractivity contribution >= 4 is 29.4 Å². The summed E-state index contributed by atoms with van der Waals surface area (Å²) in [7, 11) is 0. The van der Waals surface area contributed by atoms with Gasteiger partial charge in [-0.15, -0.1) is 0 Å². The lowest BCUT2D eigenvalue weighted by molar-refractivity contribution is 0.0928. The summed E-state index contributed by atoms with van der Waals surface area (Å²) in [5.74, 6) is 1.02. The highest BCUT2D eigenvalue weighted by molar-refractivity contribution is 7.99. The molecule has 1 aliphatic carbocycles. The predicted molar refractivity (Wildman–Crippen MR) is 91.3 cm³/mol. The van der Waals surface area contributed by atoms with Crippen LogP contribution >= 0.6 is 11.8 Å². The molecule has 1 aromatic rings. The molecule has 2 atom stereocenters. The fraction of sp³-hybridized carbons (Fsp3) is 0.500. The monoisotopic (exact) mass is 321 g/mol. The van der Waals surface area contributed by atoms with E-state index < -0.39 is 6.03 Å². The second kappa shape index (κ2) is 8.08. The van der Waals surface area contributed by atoms with Gasteiger partial charge in [-0.2, -0.15) is 11.8 Å². The van der Waals surface area contributed by atoms with Gasteiger partial charge in [-0.25, -0.2) is 4.79 Å². The molecule has 1 fully saturated rings. The number of thioether (sulfide) groups is 1. The third kappa shape index (κ3) is 4.94. The lowest BCUT2D eigenvalue weighted by Crippen LogP contribution is -2.39. The number of carbonyl (C=O) groups excluding carboxylic acids is 2. The summed E-state index contributed by atoms with van der Waals surface area (Å²) in [6, 6.07) is 6.42. The van der Waals surface area contributed by atoms with Gasteiger partial charge in [0.1, 0.15) is 0 Å². The Morgan fingerprint density at radius 2 is 2.18 bits per heavy atom. The van der Waals surface area contributed by atoms with Crippen LogP contribution in [0.2, 0.25) is 0 Å². The molecule has 4 N–H and O–H groups in total. The van der Waals surface area contributed by atoms with E-state index in [2.05, 4.69) is 17.6 Å². The number of hydrogen-bond donors (Lipinski definition) is 3. The van der Waals surface area contributed by atoms with E-state index in [0.717, 1.165) is 25.0 Å². The molecule has 5 nitrogen and oxygen atoms in total. The smallest absolute Gasteiger partial charge is 0.316 e. The van der Waals surface area contributed by atoms with Crippen molar-refractivity contribution in [3.05, 3.63) is 29.8 Å². The highest BCUT2D eigenvalue weighted by Gasteiger charge is 2.23. The normalized spacial score (nSPS) is 21.1. The second-order valence-corrected chi connectivity index (χ2v) is 7.06. The molecule has 0 aromatic heterocycles. The number of carbonyl (C=O) groups is 2. The average molecular weight is 321 g/mol. The van der Waals surface area contributed by atoms with E-state index in [1.54, 1.807) is 24.3 Å².